The van der Waals surface area contributed by atoms with Crippen molar-refractivity contribution in [3.63, 3.8) is 0 Å². The number of benzene rings is 1. The predicted molar refractivity (Wildman–Crippen MR) is 156 cm³/mol. The maximum atomic E-state index is 13.2. The molecule has 0 spiro atoms. The number of nitrogens with two attached hydrogens (primary N) is 1. The van der Waals surface area contributed by atoms with Crippen molar-refractivity contribution in [3.05, 3.63) is 40.1 Å². The van der Waals surface area contributed by atoms with Gasteiger partial charge in [-0.3, -0.25) is 4.79 Å². The molecule has 2 aromatic heterocycles. The summed E-state index contributed by atoms with van der Waals surface area (Å²) >= 11 is 12.6. The zero-order chi connectivity index (χ0) is 26.9. The average molecular weight is 572 g/mol. The molecule has 6 rings (SSSR count). The highest BCUT2D eigenvalue weighted by Gasteiger charge is 2.28. The van der Waals surface area contributed by atoms with Crippen molar-refractivity contribution in [3.8, 4) is 0 Å². The summed E-state index contributed by atoms with van der Waals surface area (Å²) < 4.78 is 2.24. The van der Waals surface area contributed by atoms with Crippen LogP contribution in [0.15, 0.2) is 24.5 Å². The zero-order valence-electron chi connectivity index (χ0n) is 22.1. The number of amides is 1. The van der Waals surface area contributed by atoms with E-state index < -0.39 is 0 Å². The molecule has 3 fully saturated rings. The van der Waals surface area contributed by atoms with Crippen molar-refractivity contribution in [1.82, 2.24) is 24.4 Å². The largest absolute Gasteiger partial charge is 0.365 e. The number of carbonyl (C=O) groups excluding carboxylic acids is 1. The molecule has 1 aromatic carbocycles. The molecule has 1 saturated heterocycles. The SMILES string of the molecule is NC1CCC(Nc2nc(NC3CCN(C(=O)c4c(Cl)cccc4Cl)CC3)c3ncn(C4CCCC4)c3n2)CC1. The monoisotopic (exact) mass is 570 g/mol. The first-order chi connectivity index (χ1) is 19.0. The maximum absolute atomic E-state index is 13.2. The molecule has 0 bridgehead atoms. The molecular weight excluding hydrogens is 535 g/mol. The molecule has 2 saturated carbocycles. The number of rotatable bonds is 6. The van der Waals surface area contributed by atoms with Crippen LogP contribution in [0.1, 0.15) is 80.6 Å². The van der Waals surface area contributed by atoms with Gasteiger partial charge in [-0.2, -0.15) is 9.97 Å². The fourth-order valence-corrected chi connectivity index (χ4v) is 6.82. The Balaban J connectivity index is 1.20. The van der Waals surface area contributed by atoms with Crippen molar-refractivity contribution in [1.29, 1.82) is 0 Å². The van der Waals surface area contributed by atoms with Crippen molar-refractivity contribution < 1.29 is 4.79 Å². The first kappa shape index (κ1) is 26.6. The maximum Gasteiger partial charge on any atom is 0.256 e. The molecule has 9 nitrogen and oxygen atoms in total. The summed E-state index contributed by atoms with van der Waals surface area (Å²) in [7, 11) is 0. The van der Waals surface area contributed by atoms with Crippen LogP contribution in [-0.4, -0.2) is 61.5 Å². The lowest BCUT2D eigenvalue weighted by molar-refractivity contribution is 0.0719. The second-order valence-corrected chi connectivity index (χ2v) is 12.0. The van der Waals surface area contributed by atoms with Gasteiger partial charge in [-0.25, -0.2) is 4.98 Å². The van der Waals surface area contributed by atoms with Gasteiger partial charge in [0.1, 0.15) is 0 Å². The number of hydrogen-bond donors (Lipinski definition) is 3. The first-order valence-electron chi connectivity index (χ1n) is 14.2. The molecule has 1 amide bonds. The number of piperidine rings is 1. The highest BCUT2D eigenvalue weighted by atomic mass is 35.5. The highest BCUT2D eigenvalue weighted by Crippen LogP contribution is 2.34. The minimum absolute atomic E-state index is 0.123. The Labute approximate surface area is 238 Å². The number of carbonyl (C=O) groups is 1. The third kappa shape index (κ3) is 5.67. The fraction of sp³-hybridized carbons (Fsp3) is 0.571. The van der Waals surface area contributed by atoms with Crippen molar-refractivity contribution >= 4 is 52.0 Å². The van der Waals surface area contributed by atoms with E-state index in [9.17, 15) is 4.79 Å². The molecule has 1 aliphatic heterocycles. The summed E-state index contributed by atoms with van der Waals surface area (Å²) in [5.41, 5.74) is 8.19. The number of nitrogens with one attached hydrogen (secondary N) is 2. The molecule has 0 radical (unpaired) electrons. The van der Waals surface area contributed by atoms with Gasteiger partial charge in [0.05, 0.1) is 21.9 Å². The zero-order valence-corrected chi connectivity index (χ0v) is 23.6. The van der Waals surface area contributed by atoms with Gasteiger partial charge in [0.25, 0.3) is 5.91 Å². The Kier molecular flexibility index (Phi) is 7.82. The molecule has 11 heteroatoms. The van der Waals surface area contributed by atoms with Crippen molar-refractivity contribution in [2.75, 3.05) is 23.7 Å². The number of imidazole rings is 1. The quantitative estimate of drug-likeness (QED) is 0.351. The molecule has 3 heterocycles. The standard InChI is InChI=1S/C28H36Cl2N8O/c29-21-6-3-7-22(30)23(21)27(39)37-14-12-19(13-15-37)33-25-24-26(38(16-32-24)20-4-1-2-5-20)36-28(35-25)34-18-10-8-17(31)9-11-18/h3,6-7,16-20H,1-2,4-5,8-15,31H2,(H2,33,34,35,36). The minimum atomic E-state index is -0.123. The number of fused-ring (bicyclic) bond motifs is 1. The molecule has 0 unspecified atom stereocenters. The number of hydrogen-bond acceptors (Lipinski definition) is 7. The van der Waals surface area contributed by atoms with E-state index >= 15 is 0 Å². The van der Waals surface area contributed by atoms with Crippen LogP contribution in [0.25, 0.3) is 11.2 Å². The smallest absolute Gasteiger partial charge is 0.256 e. The van der Waals surface area contributed by atoms with Gasteiger partial charge < -0.3 is 25.8 Å². The molecule has 39 heavy (non-hydrogen) atoms. The third-order valence-electron chi connectivity index (χ3n) is 8.54. The Hall–Kier alpha value is -2.62. The van der Waals surface area contributed by atoms with Gasteiger partial charge in [-0.15, -0.1) is 0 Å². The molecule has 208 valence electrons. The van der Waals surface area contributed by atoms with E-state index in [4.69, 9.17) is 43.9 Å². The van der Waals surface area contributed by atoms with Crippen LogP contribution in [0.3, 0.4) is 0 Å². The predicted octanol–water partition coefficient (Wildman–Crippen LogP) is 5.65. The van der Waals surface area contributed by atoms with Crippen LogP contribution < -0.4 is 16.4 Å². The summed E-state index contributed by atoms with van der Waals surface area (Å²) in [4.78, 5) is 29.6. The Morgan fingerprint density at radius 1 is 0.897 bits per heavy atom. The van der Waals surface area contributed by atoms with Crippen molar-refractivity contribution in [2.45, 2.75) is 88.4 Å². The first-order valence-corrected chi connectivity index (χ1v) is 15.0. The van der Waals surface area contributed by atoms with E-state index in [0.29, 0.717) is 52.8 Å². The number of anilines is 2. The van der Waals surface area contributed by atoms with Gasteiger partial charge in [0.2, 0.25) is 5.95 Å². The lowest BCUT2D eigenvalue weighted by Gasteiger charge is -2.33. The Bertz CT molecular complexity index is 1300. The fourth-order valence-electron chi connectivity index (χ4n) is 6.26. The number of halogens is 2. The lowest BCUT2D eigenvalue weighted by atomic mass is 9.92. The Morgan fingerprint density at radius 2 is 1.56 bits per heavy atom. The van der Waals surface area contributed by atoms with Crippen LogP contribution in [0.5, 0.6) is 0 Å². The number of aromatic nitrogens is 4. The summed E-state index contributed by atoms with van der Waals surface area (Å²) in [5.74, 6) is 1.28. The lowest BCUT2D eigenvalue weighted by Crippen LogP contribution is -2.42. The summed E-state index contributed by atoms with van der Waals surface area (Å²) in [6.07, 6.45) is 12.4. The second kappa shape index (κ2) is 11.5. The van der Waals surface area contributed by atoms with Gasteiger partial charge in [-0.1, -0.05) is 42.1 Å². The van der Waals surface area contributed by atoms with Gasteiger partial charge >= 0.3 is 0 Å². The van der Waals surface area contributed by atoms with E-state index in [1.54, 1.807) is 18.2 Å². The molecule has 4 N–H and O–H groups in total. The van der Waals surface area contributed by atoms with E-state index in [-0.39, 0.29) is 11.9 Å². The summed E-state index contributed by atoms with van der Waals surface area (Å²) in [5, 5.41) is 8.02. The number of likely N-dealkylation sites (tertiary alicyclic amines) is 1. The van der Waals surface area contributed by atoms with E-state index in [0.717, 1.165) is 68.3 Å². The average Bonchev–Trinajstić information content (AvgIpc) is 3.61. The minimum Gasteiger partial charge on any atom is -0.365 e. The molecule has 0 atom stereocenters. The van der Waals surface area contributed by atoms with Crippen LogP contribution in [-0.2, 0) is 0 Å². The van der Waals surface area contributed by atoms with Crippen LogP contribution in [0.4, 0.5) is 11.8 Å². The molecule has 2 aliphatic carbocycles. The van der Waals surface area contributed by atoms with Crippen LogP contribution in [0.2, 0.25) is 10.0 Å². The van der Waals surface area contributed by atoms with E-state index in [2.05, 4.69) is 15.2 Å². The van der Waals surface area contributed by atoms with Crippen LogP contribution >= 0.6 is 23.2 Å². The molecular formula is C28H36Cl2N8O. The summed E-state index contributed by atoms with van der Waals surface area (Å²) in [6.45, 7) is 1.21. The topological polar surface area (TPSA) is 114 Å². The van der Waals surface area contributed by atoms with Crippen LogP contribution in [0, 0.1) is 0 Å². The van der Waals surface area contributed by atoms with E-state index in [1.165, 1.54) is 12.8 Å². The van der Waals surface area contributed by atoms with Gasteiger partial charge in [0.15, 0.2) is 17.0 Å². The van der Waals surface area contributed by atoms with E-state index in [1.807, 2.05) is 11.2 Å². The number of nitrogens with zero attached hydrogens (tertiary/aromatic N) is 5. The normalized spacial score (nSPS) is 22.9. The molecule has 3 aromatic rings. The van der Waals surface area contributed by atoms with Crippen molar-refractivity contribution in [2.24, 2.45) is 5.73 Å². The third-order valence-corrected chi connectivity index (χ3v) is 9.17. The van der Waals surface area contributed by atoms with Gasteiger partial charge in [-0.05, 0) is 63.5 Å². The summed E-state index contributed by atoms with van der Waals surface area (Å²) in [6, 6.07) is 6.36. The Morgan fingerprint density at radius 3 is 2.26 bits per heavy atom. The molecule has 3 aliphatic rings. The highest BCUT2D eigenvalue weighted by molar-refractivity contribution is 6.39. The second-order valence-electron chi connectivity index (χ2n) is 11.2. The van der Waals surface area contributed by atoms with Gasteiger partial charge in [0, 0.05) is 37.3 Å².